The van der Waals surface area contributed by atoms with Crippen molar-refractivity contribution in [3.05, 3.63) is 41.7 Å². The van der Waals surface area contributed by atoms with Crippen LogP contribution in [0.1, 0.15) is 0 Å². The number of amides is 1. The topological polar surface area (TPSA) is 98.4 Å². The molecule has 4 rings (SSSR count). The van der Waals surface area contributed by atoms with Crippen molar-refractivity contribution in [2.24, 2.45) is 0 Å². The maximum absolute atomic E-state index is 12.6. The van der Waals surface area contributed by atoms with Crippen LogP contribution in [0.4, 0.5) is 5.69 Å². The van der Waals surface area contributed by atoms with Gasteiger partial charge in [-0.1, -0.05) is 23.4 Å². The fourth-order valence-electron chi connectivity index (χ4n) is 3.16. The number of fused-ring (bicyclic) bond motifs is 3. The van der Waals surface area contributed by atoms with E-state index in [0.29, 0.717) is 27.2 Å². The molecule has 2 aromatic carbocycles. The molecule has 2 aromatic heterocycles. The number of hydrogen-bond donors (Lipinski definition) is 2. The normalized spacial score (nSPS) is 11.0. The summed E-state index contributed by atoms with van der Waals surface area (Å²) < 4.78 is 15.8. The number of anilines is 1. The van der Waals surface area contributed by atoms with Gasteiger partial charge in [0.25, 0.3) is 0 Å². The number of aromatic amines is 1. The van der Waals surface area contributed by atoms with Crippen molar-refractivity contribution in [1.82, 2.24) is 15.0 Å². The van der Waals surface area contributed by atoms with E-state index in [1.54, 1.807) is 19.2 Å². The van der Waals surface area contributed by atoms with Crippen LogP contribution in [0.15, 0.2) is 41.7 Å². The molecule has 0 aliphatic carbocycles. The van der Waals surface area contributed by atoms with Crippen LogP contribution in [0.25, 0.3) is 21.9 Å². The Balaban J connectivity index is 1.54. The SMILES string of the molecule is COc1ccc2[nH]c3c(SCC(=O)Nc4cc(Cl)c(OC)cc4OC)ncnc3c2c1. The Hall–Kier alpha value is -3.17. The molecule has 0 atom stereocenters. The molecule has 1 amide bonds. The summed E-state index contributed by atoms with van der Waals surface area (Å²) in [5.41, 5.74) is 2.92. The van der Waals surface area contributed by atoms with Crippen LogP contribution in [0.2, 0.25) is 5.02 Å². The summed E-state index contributed by atoms with van der Waals surface area (Å²) in [6.45, 7) is 0. The molecule has 160 valence electrons. The second-order valence-corrected chi connectivity index (χ2v) is 7.83. The number of benzene rings is 2. The van der Waals surface area contributed by atoms with Gasteiger partial charge in [-0.2, -0.15) is 0 Å². The van der Waals surface area contributed by atoms with Crippen molar-refractivity contribution in [1.29, 1.82) is 0 Å². The molecule has 0 saturated heterocycles. The molecule has 0 radical (unpaired) electrons. The molecule has 10 heteroatoms. The molecule has 31 heavy (non-hydrogen) atoms. The van der Waals surface area contributed by atoms with Gasteiger partial charge in [0.15, 0.2) is 0 Å². The van der Waals surface area contributed by atoms with Crippen molar-refractivity contribution in [3.8, 4) is 17.2 Å². The number of nitrogens with one attached hydrogen (secondary N) is 2. The third-order valence-electron chi connectivity index (χ3n) is 4.64. The van der Waals surface area contributed by atoms with Crippen LogP contribution in [0.3, 0.4) is 0 Å². The standard InChI is InChI=1S/C21H19ClN4O4S/c1-28-11-4-5-14-12(6-11)19-20(26-14)21(24-10-23-19)31-9-18(27)25-15-7-13(22)16(29-2)8-17(15)30-3/h4-8,10,26H,9H2,1-3H3,(H,25,27). The molecule has 0 spiro atoms. The summed E-state index contributed by atoms with van der Waals surface area (Å²) in [7, 11) is 4.64. The number of rotatable bonds is 7. The lowest BCUT2D eigenvalue weighted by Gasteiger charge is -2.13. The fourth-order valence-corrected chi connectivity index (χ4v) is 4.16. The summed E-state index contributed by atoms with van der Waals surface area (Å²) in [6.07, 6.45) is 1.49. The second kappa shape index (κ2) is 8.91. The zero-order valence-electron chi connectivity index (χ0n) is 17.0. The van der Waals surface area contributed by atoms with Crippen molar-refractivity contribution in [2.75, 3.05) is 32.4 Å². The maximum atomic E-state index is 12.6. The molecule has 0 unspecified atom stereocenters. The monoisotopic (exact) mass is 458 g/mol. The summed E-state index contributed by atoms with van der Waals surface area (Å²) in [5.74, 6) is 1.57. The minimum Gasteiger partial charge on any atom is -0.497 e. The fraction of sp³-hybridized carbons (Fsp3) is 0.190. The van der Waals surface area contributed by atoms with Gasteiger partial charge in [-0.15, -0.1) is 0 Å². The van der Waals surface area contributed by atoms with Gasteiger partial charge in [-0.3, -0.25) is 4.79 Å². The highest BCUT2D eigenvalue weighted by Gasteiger charge is 2.15. The van der Waals surface area contributed by atoms with Gasteiger partial charge >= 0.3 is 0 Å². The van der Waals surface area contributed by atoms with Gasteiger partial charge in [0.2, 0.25) is 5.91 Å². The first-order valence-corrected chi connectivity index (χ1v) is 10.5. The van der Waals surface area contributed by atoms with Gasteiger partial charge < -0.3 is 24.5 Å². The van der Waals surface area contributed by atoms with E-state index >= 15 is 0 Å². The Morgan fingerprint density at radius 2 is 1.90 bits per heavy atom. The van der Waals surface area contributed by atoms with E-state index in [4.69, 9.17) is 25.8 Å². The molecule has 8 nitrogen and oxygen atoms in total. The van der Waals surface area contributed by atoms with Crippen LogP contribution in [0.5, 0.6) is 17.2 Å². The van der Waals surface area contributed by atoms with Crippen LogP contribution in [0, 0.1) is 0 Å². The molecule has 0 saturated carbocycles. The maximum Gasteiger partial charge on any atom is 0.234 e. The highest BCUT2D eigenvalue weighted by molar-refractivity contribution is 8.00. The van der Waals surface area contributed by atoms with Gasteiger partial charge in [0.05, 0.1) is 43.3 Å². The minimum absolute atomic E-state index is 0.137. The molecule has 2 heterocycles. The van der Waals surface area contributed by atoms with Crippen molar-refractivity contribution in [2.45, 2.75) is 5.03 Å². The molecule has 4 aromatic rings. The molecule has 0 fully saturated rings. The number of nitrogens with zero attached hydrogens (tertiary/aromatic N) is 2. The Morgan fingerprint density at radius 1 is 1.10 bits per heavy atom. The lowest BCUT2D eigenvalue weighted by Crippen LogP contribution is -2.15. The zero-order chi connectivity index (χ0) is 22.0. The molecule has 0 aliphatic rings. The van der Waals surface area contributed by atoms with Crippen molar-refractivity contribution in [3.63, 3.8) is 0 Å². The number of thioether (sulfide) groups is 1. The first-order chi connectivity index (χ1) is 15.0. The summed E-state index contributed by atoms with van der Waals surface area (Å²) in [6, 6.07) is 8.94. The minimum atomic E-state index is -0.228. The highest BCUT2D eigenvalue weighted by Crippen LogP contribution is 2.36. The molecule has 0 aliphatic heterocycles. The van der Waals surface area contributed by atoms with Crippen LogP contribution in [-0.2, 0) is 4.79 Å². The first-order valence-electron chi connectivity index (χ1n) is 9.18. The smallest absolute Gasteiger partial charge is 0.234 e. The molecular formula is C21H19ClN4O4S. The number of hydrogen-bond acceptors (Lipinski definition) is 7. The average molecular weight is 459 g/mol. The van der Waals surface area contributed by atoms with Crippen LogP contribution >= 0.6 is 23.4 Å². The largest absolute Gasteiger partial charge is 0.497 e. The number of carbonyl (C=O) groups excluding carboxylic acids is 1. The van der Waals surface area contributed by atoms with Gasteiger partial charge in [0, 0.05) is 17.0 Å². The van der Waals surface area contributed by atoms with Crippen molar-refractivity contribution >= 4 is 56.9 Å². The predicted octanol–water partition coefficient (Wildman–Crippen LogP) is 4.52. The van der Waals surface area contributed by atoms with Crippen molar-refractivity contribution < 1.29 is 19.0 Å². The third-order valence-corrected chi connectivity index (χ3v) is 5.93. The Kier molecular flexibility index (Phi) is 6.06. The number of aromatic nitrogens is 3. The number of halogens is 1. The van der Waals surface area contributed by atoms with E-state index in [0.717, 1.165) is 27.7 Å². The Labute approximate surface area is 187 Å². The summed E-state index contributed by atoms with van der Waals surface area (Å²) in [4.78, 5) is 24.6. The van der Waals surface area contributed by atoms with Gasteiger partial charge in [-0.25, -0.2) is 9.97 Å². The summed E-state index contributed by atoms with van der Waals surface area (Å²) >= 11 is 7.48. The highest BCUT2D eigenvalue weighted by atomic mass is 35.5. The Morgan fingerprint density at radius 3 is 2.65 bits per heavy atom. The Bertz CT molecular complexity index is 1280. The third kappa shape index (κ3) is 4.19. The van der Waals surface area contributed by atoms with E-state index in [1.807, 2.05) is 18.2 Å². The first kappa shape index (κ1) is 21.1. The molecular weight excluding hydrogens is 440 g/mol. The van der Waals surface area contributed by atoms with Gasteiger partial charge in [-0.05, 0) is 24.3 Å². The van der Waals surface area contributed by atoms with Crippen LogP contribution < -0.4 is 19.5 Å². The van der Waals surface area contributed by atoms with E-state index in [9.17, 15) is 4.79 Å². The predicted molar refractivity (Wildman–Crippen MR) is 122 cm³/mol. The lowest BCUT2D eigenvalue weighted by molar-refractivity contribution is -0.113. The number of methoxy groups -OCH3 is 3. The summed E-state index contributed by atoms with van der Waals surface area (Å²) in [5, 5.41) is 4.80. The molecule has 2 N–H and O–H groups in total. The molecule has 0 bridgehead atoms. The van der Waals surface area contributed by atoms with E-state index < -0.39 is 0 Å². The van der Waals surface area contributed by atoms with E-state index in [-0.39, 0.29) is 11.7 Å². The number of H-pyrrole nitrogens is 1. The van der Waals surface area contributed by atoms with Gasteiger partial charge in [0.1, 0.15) is 34.1 Å². The van der Waals surface area contributed by atoms with E-state index in [1.165, 1.54) is 32.3 Å². The van der Waals surface area contributed by atoms with Crippen LogP contribution in [-0.4, -0.2) is 47.9 Å². The second-order valence-electron chi connectivity index (χ2n) is 6.46. The number of ether oxygens (including phenoxy) is 3. The zero-order valence-corrected chi connectivity index (χ0v) is 18.6. The lowest BCUT2D eigenvalue weighted by atomic mass is 10.2. The van der Waals surface area contributed by atoms with E-state index in [2.05, 4.69) is 20.3 Å². The number of carbonyl (C=O) groups is 1. The quantitative estimate of drug-likeness (QED) is 0.310. The average Bonchev–Trinajstić information content (AvgIpc) is 3.16.